The van der Waals surface area contributed by atoms with Gasteiger partial charge in [-0.3, -0.25) is 0 Å². The maximum atomic E-state index is 10.7. The average molecular weight is 596 g/mol. The van der Waals surface area contributed by atoms with Crippen molar-refractivity contribution in [2.45, 2.75) is 45.2 Å². The molecule has 4 rings (SSSR count). The van der Waals surface area contributed by atoms with Crippen LogP contribution in [0.25, 0.3) is 0 Å². The van der Waals surface area contributed by atoms with Crippen molar-refractivity contribution in [1.82, 2.24) is 4.81 Å². The molecule has 2 heterocycles. The zero-order valence-corrected chi connectivity index (χ0v) is 24.0. The van der Waals surface area contributed by atoms with Crippen molar-refractivity contribution in [3.05, 3.63) is 74.6 Å². The van der Waals surface area contributed by atoms with E-state index in [0.29, 0.717) is 0 Å². The fourth-order valence-electron chi connectivity index (χ4n) is 3.98. The summed E-state index contributed by atoms with van der Waals surface area (Å²) in [6.07, 6.45) is 15.4. The monoisotopic (exact) mass is 596 g/mol. The van der Waals surface area contributed by atoms with Crippen LogP contribution in [0.1, 0.15) is 38.8 Å². The van der Waals surface area contributed by atoms with Gasteiger partial charge in [-0.05, 0) is 70.6 Å². The van der Waals surface area contributed by atoms with Crippen molar-refractivity contribution in [1.29, 1.82) is 0 Å². The molecule has 1 aromatic rings. The molecule has 0 unspecified atom stereocenters. The van der Waals surface area contributed by atoms with E-state index in [-0.39, 0.29) is 29.6 Å². The fourth-order valence-corrected chi connectivity index (χ4v) is 3.98. The van der Waals surface area contributed by atoms with Crippen LogP contribution in [-0.4, -0.2) is 62.0 Å². The van der Waals surface area contributed by atoms with Gasteiger partial charge in [0.05, 0.1) is 26.3 Å². The Morgan fingerprint density at radius 3 is 1.84 bits per heavy atom. The molecule has 2 fully saturated rings. The minimum absolute atomic E-state index is 0. The van der Waals surface area contributed by atoms with Crippen LogP contribution in [0.4, 0.5) is 13.2 Å². The number of benzene rings is 1. The molecule has 13 heteroatoms. The van der Waals surface area contributed by atoms with Gasteiger partial charge in [-0.15, -0.1) is 0 Å². The minimum atomic E-state index is -6.09. The molecule has 3 aliphatic rings. The molecule has 0 bridgehead atoms. The Morgan fingerprint density at radius 2 is 1.42 bits per heavy atom. The second-order valence-corrected chi connectivity index (χ2v) is 10.7. The summed E-state index contributed by atoms with van der Waals surface area (Å²) in [5.41, 5.74) is -1.68. The minimum Gasteiger partial charge on any atom is -0.741 e. The van der Waals surface area contributed by atoms with E-state index in [2.05, 4.69) is 68.4 Å². The molecule has 7 nitrogen and oxygen atoms in total. The smallest absolute Gasteiger partial charge is 0.741 e. The summed E-state index contributed by atoms with van der Waals surface area (Å²) in [5, 5.41) is 0. The van der Waals surface area contributed by atoms with Gasteiger partial charge in [0.15, 0.2) is 21.6 Å². The number of hydrogen-bond acceptors (Lipinski definition) is 6. The van der Waals surface area contributed by atoms with Gasteiger partial charge in [-0.25, -0.2) is 8.42 Å². The third kappa shape index (κ3) is 9.15. The summed E-state index contributed by atoms with van der Waals surface area (Å²) in [6, 6.07) is 4.23. The first-order chi connectivity index (χ1) is 17.1. The zero-order valence-electron chi connectivity index (χ0n) is 22.1. The number of methoxy groups -OCH3 is 2. The molecule has 0 N–H and O–H groups in total. The van der Waals surface area contributed by atoms with E-state index >= 15 is 0 Å². The van der Waals surface area contributed by atoms with Crippen LogP contribution in [0, 0.1) is 51.4 Å². The summed E-state index contributed by atoms with van der Waals surface area (Å²) in [6.45, 7) is 12.4. The van der Waals surface area contributed by atoms with Gasteiger partial charge in [-0.1, -0.05) is 6.32 Å². The predicted molar refractivity (Wildman–Crippen MR) is 136 cm³/mol. The van der Waals surface area contributed by atoms with Crippen LogP contribution in [0.2, 0.25) is 0 Å². The number of alkyl halides is 3. The zero-order chi connectivity index (χ0) is 28.0. The van der Waals surface area contributed by atoms with Crippen molar-refractivity contribution in [3.63, 3.8) is 0 Å². The first-order valence-corrected chi connectivity index (χ1v) is 12.9. The number of hydrogen-bond donors (Lipinski definition) is 0. The van der Waals surface area contributed by atoms with Crippen molar-refractivity contribution in [3.8, 4) is 11.5 Å². The van der Waals surface area contributed by atoms with E-state index in [4.69, 9.17) is 22.4 Å². The summed E-state index contributed by atoms with van der Waals surface area (Å²) in [7, 11) is -2.71. The molecule has 0 atom stereocenters. The molecule has 208 valence electrons. The first kappa shape index (κ1) is 34.8. The molecule has 0 aromatic heterocycles. The second kappa shape index (κ2) is 14.4. The summed E-state index contributed by atoms with van der Waals surface area (Å²) in [4.78, 5) is 2.42. The topological polar surface area (TPSA) is 84.6 Å². The van der Waals surface area contributed by atoms with Crippen molar-refractivity contribution >= 4 is 22.8 Å². The molecule has 0 spiro atoms. The Balaban J connectivity index is 0.000000426. The third-order valence-electron chi connectivity index (χ3n) is 5.80. The van der Waals surface area contributed by atoms with E-state index in [1.165, 1.54) is 16.8 Å². The standard InChI is InChI=1S/C19H27BN2O2.C5H5.CHF3O3S.Fe/c1-14-16-13-18(24-6)17(23-5)12-15(16)8-11-21(14)20-9-7-10-22(20)19(2,3)4;1-2-4-5-3-1;2-1(3,4)8(5,6)7;/h7,9-10,12-13H,8,11H2,1-6H3;1-5H;(H,5,6,7);/q+1;;;+2/p-1. The van der Waals surface area contributed by atoms with Gasteiger partial charge >= 0.3 is 29.6 Å². The number of halogens is 3. The van der Waals surface area contributed by atoms with Crippen LogP contribution < -0.4 is 14.3 Å². The van der Waals surface area contributed by atoms with Gasteiger partial charge in [0.25, 0.3) is 0 Å². The molecule has 38 heavy (non-hydrogen) atoms. The number of nitrogens with zero attached hydrogens (tertiary/aromatic N) is 2. The van der Waals surface area contributed by atoms with Crippen LogP contribution in [0.15, 0.2) is 12.1 Å². The van der Waals surface area contributed by atoms with E-state index in [9.17, 15) is 13.2 Å². The van der Waals surface area contributed by atoms with E-state index in [0.717, 1.165) is 24.5 Å². The molecule has 1 saturated carbocycles. The van der Waals surface area contributed by atoms with Gasteiger partial charge in [0.2, 0.25) is 0 Å². The fraction of sp³-hybridized carbons (Fsp3) is 0.400. The molecule has 1 aromatic carbocycles. The van der Waals surface area contributed by atoms with Crippen LogP contribution in [0.3, 0.4) is 0 Å². The Bertz CT molecular complexity index is 1050. The quantitative estimate of drug-likeness (QED) is 0.302. The van der Waals surface area contributed by atoms with Crippen LogP contribution in [0.5, 0.6) is 11.5 Å². The summed E-state index contributed by atoms with van der Waals surface area (Å²) >= 11 is 0. The summed E-state index contributed by atoms with van der Waals surface area (Å²) < 4.78 is 72.3. The predicted octanol–water partition coefficient (Wildman–Crippen LogP) is 3.70. The normalized spacial score (nSPS) is 18.5. The van der Waals surface area contributed by atoms with E-state index in [1.807, 2.05) is 32.1 Å². The first-order valence-electron chi connectivity index (χ1n) is 11.5. The maximum absolute atomic E-state index is 10.7. The number of rotatable bonds is 3. The maximum Gasteiger partial charge on any atom is 2.00 e. The van der Waals surface area contributed by atoms with Gasteiger partial charge in [0.1, 0.15) is 12.3 Å². The van der Waals surface area contributed by atoms with Crippen LogP contribution >= 0.6 is 0 Å². The Labute approximate surface area is 236 Å². The molecule has 2 aliphatic heterocycles. The van der Waals surface area contributed by atoms with Gasteiger partial charge < -0.3 is 23.3 Å². The molecular formula is C25H32BF3FeN2O5S+2. The number of fused-ring (bicyclic) bond motifs is 1. The second-order valence-electron chi connectivity index (χ2n) is 9.28. The Hall–Kier alpha value is -1.27. The van der Waals surface area contributed by atoms with Crippen molar-refractivity contribution in [2.75, 3.05) is 20.8 Å². The molecule has 10 radical (unpaired) electrons. The van der Waals surface area contributed by atoms with Crippen LogP contribution in [-0.2, 0) is 33.6 Å². The van der Waals surface area contributed by atoms with Gasteiger partial charge in [-0.2, -0.15) is 13.2 Å². The SMILES string of the molecule is COc1cc2c(cc1OC)C(C)=[N+]([B-]1[CH][CH][CH][N+]1C(C)(C)C)CC2.O=S(=O)([O-])C(F)(F)F.[CH]1[CH][CH][CH][CH]1.[Fe+2]. The summed E-state index contributed by atoms with van der Waals surface area (Å²) in [5.74, 6) is 1.60. The molecule has 0 amide bonds. The van der Waals surface area contributed by atoms with Crippen molar-refractivity contribution < 1.29 is 57.2 Å². The molecular weight excluding hydrogens is 564 g/mol. The number of ether oxygens (including phenoxy) is 2. The molecule has 1 saturated heterocycles. The Kier molecular flexibility index (Phi) is 13.2. The van der Waals surface area contributed by atoms with Crippen molar-refractivity contribution in [2.24, 2.45) is 0 Å². The van der Waals surface area contributed by atoms with E-state index < -0.39 is 15.6 Å². The largest absolute Gasteiger partial charge is 2.00 e. The Morgan fingerprint density at radius 1 is 0.947 bits per heavy atom. The van der Waals surface area contributed by atoms with Gasteiger partial charge in [0, 0.05) is 25.3 Å². The average Bonchev–Trinajstić information content (AvgIpc) is 3.52. The third-order valence-corrected chi connectivity index (χ3v) is 6.37. The molecule has 1 aliphatic carbocycles. The van der Waals surface area contributed by atoms with E-state index in [1.54, 1.807) is 14.2 Å².